The Hall–Kier alpha value is -1.92. The molecule has 1 aromatic carbocycles. The summed E-state index contributed by atoms with van der Waals surface area (Å²) in [6.07, 6.45) is -0.200. The summed E-state index contributed by atoms with van der Waals surface area (Å²) >= 11 is 5.87. The van der Waals surface area contributed by atoms with Crippen LogP contribution in [0, 0.1) is 0 Å². The molecule has 0 aliphatic carbocycles. The van der Waals surface area contributed by atoms with Crippen LogP contribution in [0.1, 0.15) is 49.6 Å². The maximum Gasteiger partial charge on any atom is 0.227 e. The number of hydrogen-bond acceptors (Lipinski definition) is 5. The van der Waals surface area contributed by atoms with Crippen LogP contribution in [0.25, 0.3) is 0 Å². The van der Waals surface area contributed by atoms with Crippen LogP contribution >= 0.6 is 11.6 Å². The zero-order chi connectivity index (χ0) is 16.8. The number of aliphatic hydroxyl groups excluding tert-OH is 1. The third-order valence-corrected chi connectivity index (χ3v) is 3.53. The summed E-state index contributed by atoms with van der Waals surface area (Å²) in [5, 5.41) is 17.1. The summed E-state index contributed by atoms with van der Waals surface area (Å²) in [6.45, 7) is 4.07. The van der Waals surface area contributed by atoms with Gasteiger partial charge < -0.3 is 14.9 Å². The summed E-state index contributed by atoms with van der Waals surface area (Å²) in [5.74, 6) is 1.08. The molecule has 0 saturated carbocycles. The maximum atomic E-state index is 11.8. The quantitative estimate of drug-likeness (QED) is 0.810. The van der Waals surface area contributed by atoms with Gasteiger partial charge in [-0.25, -0.2) is 0 Å². The van der Waals surface area contributed by atoms with Crippen molar-refractivity contribution in [1.29, 1.82) is 0 Å². The first-order valence-corrected chi connectivity index (χ1v) is 7.86. The number of carbonyl (C=O) groups excluding carboxylic acids is 1. The molecule has 1 amide bonds. The second kappa shape index (κ2) is 8.08. The number of aliphatic hydroxyl groups is 1. The molecule has 6 nitrogen and oxygen atoms in total. The van der Waals surface area contributed by atoms with E-state index >= 15 is 0 Å². The predicted molar refractivity (Wildman–Crippen MR) is 86.1 cm³/mol. The van der Waals surface area contributed by atoms with Crippen LogP contribution in [0.2, 0.25) is 5.02 Å². The highest BCUT2D eigenvalue weighted by atomic mass is 35.5. The van der Waals surface area contributed by atoms with Gasteiger partial charge in [-0.2, -0.15) is 4.98 Å². The van der Waals surface area contributed by atoms with Gasteiger partial charge in [-0.3, -0.25) is 4.79 Å². The van der Waals surface area contributed by atoms with Crippen molar-refractivity contribution in [2.24, 2.45) is 0 Å². The van der Waals surface area contributed by atoms with E-state index in [0.29, 0.717) is 28.7 Å². The van der Waals surface area contributed by atoms with Gasteiger partial charge in [-0.1, -0.05) is 42.7 Å². The van der Waals surface area contributed by atoms with E-state index in [1.54, 1.807) is 24.3 Å². The fraction of sp³-hybridized carbons (Fsp3) is 0.438. The number of amides is 1. The van der Waals surface area contributed by atoms with E-state index in [-0.39, 0.29) is 24.8 Å². The minimum atomic E-state index is -0.798. The zero-order valence-corrected chi connectivity index (χ0v) is 13.9. The van der Waals surface area contributed by atoms with Crippen molar-refractivity contribution in [3.63, 3.8) is 0 Å². The Labute approximate surface area is 139 Å². The van der Waals surface area contributed by atoms with Gasteiger partial charge in [-0.15, -0.1) is 0 Å². The highest BCUT2D eigenvalue weighted by molar-refractivity contribution is 6.30. The lowest BCUT2D eigenvalue weighted by Crippen LogP contribution is -2.28. The molecule has 1 atom stereocenters. The number of halogens is 1. The van der Waals surface area contributed by atoms with E-state index in [9.17, 15) is 9.90 Å². The van der Waals surface area contributed by atoms with Crippen molar-refractivity contribution < 1.29 is 14.4 Å². The van der Waals surface area contributed by atoms with E-state index in [0.717, 1.165) is 0 Å². The van der Waals surface area contributed by atoms with Gasteiger partial charge in [0.1, 0.15) is 0 Å². The Bertz CT molecular complexity index is 658. The Morgan fingerprint density at radius 2 is 2.22 bits per heavy atom. The van der Waals surface area contributed by atoms with Crippen LogP contribution < -0.4 is 5.32 Å². The van der Waals surface area contributed by atoms with E-state index in [1.165, 1.54) is 0 Å². The molecule has 2 rings (SSSR count). The smallest absolute Gasteiger partial charge is 0.227 e. The molecule has 2 N–H and O–H groups in total. The molecule has 124 valence electrons. The molecular weight excluding hydrogens is 318 g/mol. The molecule has 1 aromatic heterocycles. The standard InChI is InChI=1S/C16H20ClN3O3/c1-10(2)16-19-15(23-20-16)7-6-14(22)18-9-13(21)11-4-3-5-12(17)8-11/h3-5,8,10,13,21H,6-7,9H2,1-2H3,(H,18,22)/t13-/m0/s1. The van der Waals surface area contributed by atoms with Gasteiger partial charge in [0.15, 0.2) is 5.82 Å². The van der Waals surface area contributed by atoms with Gasteiger partial charge in [0.05, 0.1) is 6.10 Å². The molecule has 0 aliphatic heterocycles. The minimum Gasteiger partial charge on any atom is -0.387 e. The maximum absolute atomic E-state index is 11.8. The van der Waals surface area contributed by atoms with Crippen LogP contribution in [-0.4, -0.2) is 27.7 Å². The van der Waals surface area contributed by atoms with Crippen LogP contribution in [0.15, 0.2) is 28.8 Å². The topological polar surface area (TPSA) is 88.2 Å². The SMILES string of the molecule is CC(C)c1noc(CCC(=O)NC[C@H](O)c2cccc(Cl)c2)n1. The van der Waals surface area contributed by atoms with Crippen LogP contribution in [0.3, 0.4) is 0 Å². The molecular formula is C16H20ClN3O3. The molecule has 7 heteroatoms. The average Bonchev–Trinajstić information content (AvgIpc) is 3.00. The molecule has 0 aliphatic rings. The van der Waals surface area contributed by atoms with Gasteiger partial charge in [0, 0.05) is 30.3 Å². The average molecular weight is 338 g/mol. The van der Waals surface area contributed by atoms with Crippen molar-refractivity contribution in [3.05, 3.63) is 46.6 Å². The molecule has 0 spiro atoms. The van der Waals surface area contributed by atoms with E-state index < -0.39 is 6.10 Å². The Balaban J connectivity index is 1.76. The predicted octanol–water partition coefficient (Wildman–Crippen LogP) is 2.63. The van der Waals surface area contributed by atoms with Gasteiger partial charge >= 0.3 is 0 Å². The lowest BCUT2D eigenvalue weighted by atomic mass is 10.1. The molecule has 0 unspecified atom stereocenters. The van der Waals surface area contributed by atoms with E-state index in [1.807, 2.05) is 13.8 Å². The fourth-order valence-electron chi connectivity index (χ4n) is 1.96. The molecule has 1 heterocycles. The number of carbonyl (C=O) groups is 1. The molecule has 2 aromatic rings. The third kappa shape index (κ3) is 5.33. The van der Waals surface area contributed by atoms with Crippen LogP contribution in [0.4, 0.5) is 0 Å². The molecule has 0 saturated heterocycles. The van der Waals surface area contributed by atoms with Crippen molar-refractivity contribution in [1.82, 2.24) is 15.5 Å². The molecule has 23 heavy (non-hydrogen) atoms. The van der Waals surface area contributed by atoms with Crippen molar-refractivity contribution in [2.45, 2.75) is 38.7 Å². The second-order valence-corrected chi connectivity index (χ2v) is 6.01. The Morgan fingerprint density at radius 1 is 1.43 bits per heavy atom. The second-order valence-electron chi connectivity index (χ2n) is 5.58. The number of benzene rings is 1. The largest absolute Gasteiger partial charge is 0.387 e. The van der Waals surface area contributed by atoms with Gasteiger partial charge in [0.25, 0.3) is 0 Å². The first-order chi connectivity index (χ1) is 11.0. The number of nitrogens with zero attached hydrogens (tertiary/aromatic N) is 2. The number of hydrogen-bond donors (Lipinski definition) is 2. The highest BCUT2D eigenvalue weighted by Gasteiger charge is 2.13. The minimum absolute atomic E-state index is 0.125. The Morgan fingerprint density at radius 3 is 2.87 bits per heavy atom. The molecule has 0 radical (unpaired) electrons. The fourth-order valence-corrected chi connectivity index (χ4v) is 2.15. The van der Waals surface area contributed by atoms with Crippen molar-refractivity contribution in [2.75, 3.05) is 6.54 Å². The normalized spacial score (nSPS) is 12.4. The zero-order valence-electron chi connectivity index (χ0n) is 13.1. The summed E-state index contributed by atoms with van der Waals surface area (Å²) in [4.78, 5) is 16.0. The first-order valence-electron chi connectivity index (χ1n) is 7.48. The number of rotatable bonds is 7. The van der Waals surface area contributed by atoms with E-state index in [4.69, 9.17) is 16.1 Å². The first kappa shape index (κ1) is 17.4. The lowest BCUT2D eigenvalue weighted by molar-refractivity contribution is -0.121. The number of aryl methyl sites for hydroxylation is 1. The molecule has 0 bridgehead atoms. The van der Waals surface area contributed by atoms with Crippen LogP contribution in [-0.2, 0) is 11.2 Å². The summed E-state index contributed by atoms with van der Waals surface area (Å²) in [5.41, 5.74) is 0.663. The van der Waals surface area contributed by atoms with Gasteiger partial charge in [-0.05, 0) is 17.7 Å². The third-order valence-electron chi connectivity index (χ3n) is 3.29. The highest BCUT2D eigenvalue weighted by Crippen LogP contribution is 2.17. The van der Waals surface area contributed by atoms with Crippen LogP contribution in [0.5, 0.6) is 0 Å². The van der Waals surface area contributed by atoms with Crippen molar-refractivity contribution in [3.8, 4) is 0 Å². The van der Waals surface area contributed by atoms with E-state index in [2.05, 4.69) is 15.5 Å². The molecule has 0 fully saturated rings. The number of nitrogens with one attached hydrogen (secondary N) is 1. The Kier molecular flexibility index (Phi) is 6.12. The monoisotopic (exact) mass is 337 g/mol. The summed E-state index contributed by atoms with van der Waals surface area (Å²) < 4.78 is 5.08. The number of aromatic nitrogens is 2. The van der Waals surface area contributed by atoms with Gasteiger partial charge in [0.2, 0.25) is 11.8 Å². The summed E-state index contributed by atoms with van der Waals surface area (Å²) in [7, 11) is 0. The summed E-state index contributed by atoms with van der Waals surface area (Å²) in [6, 6.07) is 6.91. The van der Waals surface area contributed by atoms with Crippen molar-refractivity contribution >= 4 is 17.5 Å². The lowest BCUT2D eigenvalue weighted by Gasteiger charge is -2.12.